The van der Waals surface area contributed by atoms with E-state index in [9.17, 15) is 8.42 Å². The Bertz CT molecular complexity index is 287. The normalized spacial score (nSPS) is 21.6. The van der Waals surface area contributed by atoms with Crippen molar-refractivity contribution in [3.63, 3.8) is 0 Å². The van der Waals surface area contributed by atoms with Crippen molar-refractivity contribution in [1.82, 2.24) is 10.0 Å². The van der Waals surface area contributed by atoms with Gasteiger partial charge in [0.1, 0.15) is 0 Å². The summed E-state index contributed by atoms with van der Waals surface area (Å²) in [5, 5.41) is 3.40. The maximum Gasteiger partial charge on any atom is 0.211 e. The number of methoxy groups -OCH3 is 1. The lowest BCUT2D eigenvalue weighted by molar-refractivity contribution is 0.199. The quantitative estimate of drug-likeness (QED) is 0.626. The van der Waals surface area contributed by atoms with Gasteiger partial charge in [-0.25, -0.2) is 13.1 Å². The van der Waals surface area contributed by atoms with E-state index in [1.54, 1.807) is 7.11 Å². The van der Waals surface area contributed by atoms with E-state index >= 15 is 0 Å². The lowest BCUT2D eigenvalue weighted by Gasteiger charge is -2.23. The highest BCUT2D eigenvalue weighted by atomic mass is 32.2. The summed E-state index contributed by atoms with van der Waals surface area (Å²) in [6, 6.07) is 0.477. The third-order valence-corrected chi connectivity index (χ3v) is 4.46. The smallest absolute Gasteiger partial charge is 0.211 e. The van der Waals surface area contributed by atoms with Crippen molar-refractivity contribution in [2.24, 2.45) is 0 Å². The SMILES string of the molecule is COCCCS(=O)(=O)NCCC1CCCCN1. The molecule has 2 N–H and O–H groups in total. The number of rotatable bonds is 8. The second kappa shape index (κ2) is 8.02. The first-order valence-electron chi connectivity index (χ1n) is 6.34. The number of hydrogen-bond acceptors (Lipinski definition) is 4. The van der Waals surface area contributed by atoms with Gasteiger partial charge in [0.05, 0.1) is 5.75 Å². The van der Waals surface area contributed by atoms with Crippen LogP contribution in [0.4, 0.5) is 0 Å². The minimum atomic E-state index is -3.11. The molecule has 17 heavy (non-hydrogen) atoms. The van der Waals surface area contributed by atoms with Gasteiger partial charge < -0.3 is 10.1 Å². The van der Waals surface area contributed by atoms with Crippen molar-refractivity contribution >= 4 is 10.0 Å². The molecule has 1 aliphatic rings. The summed E-state index contributed by atoms with van der Waals surface area (Å²) in [4.78, 5) is 0. The van der Waals surface area contributed by atoms with Gasteiger partial charge >= 0.3 is 0 Å². The molecule has 1 fully saturated rings. The van der Waals surface area contributed by atoms with Crippen LogP contribution in [-0.2, 0) is 14.8 Å². The van der Waals surface area contributed by atoms with Crippen molar-refractivity contribution in [3.05, 3.63) is 0 Å². The van der Waals surface area contributed by atoms with Gasteiger partial charge in [0.2, 0.25) is 10.0 Å². The molecule has 0 bridgehead atoms. The van der Waals surface area contributed by atoms with Crippen molar-refractivity contribution in [2.45, 2.75) is 38.1 Å². The van der Waals surface area contributed by atoms with Crippen LogP contribution in [0.25, 0.3) is 0 Å². The van der Waals surface area contributed by atoms with Crippen LogP contribution < -0.4 is 10.0 Å². The molecular weight excluding hydrogens is 240 g/mol. The van der Waals surface area contributed by atoms with Gasteiger partial charge in [0.15, 0.2) is 0 Å². The summed E-state index contributed by atoms with van der Waals surface area (Å²) < 4.78 is 30.6. The maximum absolute atomic E-state index is 11.6. The fourth-order valence-corrected chi connectivity index (χ4v) is 3.10. The molecule has 0 spiro atoms. The molecule has 102 valence electrons. The Kier molecular flexibility index (Phi) is 7.03. The van der Waals surface area contributed by atoms with Crippen LogP contribution in [-0.4, -0.2) is 47.0 Å². The zero-order valence-corrected chi connectivity index (χ0v) is 11.4. The molecule has 5 nitrogen and oxygen atoms in total. The van der Waals surface area contributed by atoms with Crippen LogP contribution in [0.1, 0.15) is 32.1 Å². The third kappa shape index (κ3) is 6.98. The van der Waals surface area contributed by atoms with Gasteiger partial charge in [0, 0.05) is 26.3 Å². The molecule has 0 amide bonds. The van der Waals surface area contributed by atoms with Crippen LogP contribution in [0.5, 0.6) is 0 Å². The monoisotopic (exact) mass is 264 g/mol. The van der Waals surface area contributed by atoms with E-state index in [1.165, 1.54) is 12.8 Å². The molecule has 1 aliphatic heterocycles. The molecule has 1 unspecified atom stereocenters. The molecule has 0 saturated carbocycles. The van der Waals surface area contributed by atoms with E-state index in [-0.39, 0.29) is 5.75 Å². The molecule has 1 atom stereocenters. The van der Waals surface area contributed by atoms with E-state index in [0.717, 1.165) is 19.4 Å². The van der Waals surface area contributed by atoms with Gasteiger partial charge in [-0.05, 0) is 32.2 Å². The van der Waals surface area contributed by atoms with E-state index < -0.39 is 10.0 Å². The van der Waals surface area contributed by atoms with Crippen LogP contribution in [0, 0.1) is 0 Å². The first-order valence-corrected chi connectivity index (χ1v) is 7.99. The zero-order valence-electron chi connectivity index (χ0n) is 10.6. The summed E-state index contributed by atoms with van der Waals surface area (Å²) in [5.74, 6) is 0.152. The Morgan fingerprint density at radius 2 is 2.24 bits per heavy atom. The largest absolute Gasteiger partial charge is 0.385 e. The van der Waals surface area contributed by atoms with Crippen LogP contribution in [0.2, 0.25) is 0 Å². The number of piperidine rings is 1. The maximum atomic E-state index is 11.6. The first-order chi connectivity index (χ1) is 8.14. The summed E-state index contributed by atoms with van der Waals surface area (Å²) in [6.45, 7) is 2.09. The fourth-order valence-electron chi connectivity index (χ4n) is 2.02. The Hall–Kier alpha value is -0.170. The molecule has 1 saturated heterocycles. The van der Waals surface area contributed by atoms with Crippen molar-refractivity contribution in [2.75, 3.05) is 32.6 Å². The van der Waals surface area contributed by atoms with Gasteiger partial charge in [-0.2, -0.15) is 0 Å². The summed E-state index contributed by atoms with van der Waals surface area (Å²) in [5.41, 5.74) is 0. The standard InChI is InChI=1S/C11H24N2O3S/c1-16-9-4-10-17(14,15)13-8-6-11-5-2-3-7-12-11/h11-13H,2-10H2,1H3. The van der Waals surface area contributed by atoms with Crippen molar-refractivity contribution in [3.8, 4) is 0 Å². The van der Waals surface area contributed by atoms with Crippen LogP contribution in [0.3, 0.4) is 0 Å². The van der Waals surface area contributed by atoms with Gasteiger partial charge in [0.25, 0.3) is 0 Å². The number of sulfonamides is 1. The summed E-state index contributed by atoms with van der Waals surface area (Å²) >= 11 is 0. The molecule has 0 aliphatic carbocycles. The highest BCUT2D eigenvalue weighted by Crippen LogP contribution is 2.09. The molecular formula is C11H24N2O3S. The molecule has 1 rings (SSSR count). The number of ether oxygens (including phenoxy) is 1. The van der Waals surface area contributed by atoms with Gasteiger partial charge in [-0.15, -0.1) is 0 Å². The second-order valence-corrected chi connectivity index (χ2v) is 6.42. The third-order valence-electron chi connectivity index (χ3n) is 2.99. The Morgan fingerprint density at radius 3 is 2.88 bits per heavy atom. The Balaban J connectivity index is 2.11. The molecule has 0 aromatic heterocycles. The molecule has 0 aromatic rings. The number of hydrogen-bond donors (Lipinski definition) is 2. The molecule has 1 heterocycles. The highest BCUT2D eigenvalue weighted by Gasteiger charge is 2.14. The number of nitrogens with one attached hydrogen (secondary N) is 2. The lowest BCUT2D eigenvalue weighted by atomic mass is 10.0. The Labute approximate surface area is 104 Å². The topological polar surface area (TPSA) is 67.4 Å². The summed E-state index contributed by atoms with van der Waals surface area (Å²) in [6.07, 6.45) is 5.07. The predicted octanol–water partition coefficient (Wildman–Crippen LogP) is 0.475. The molecule has 0 aromatic carbocycles. The fraction of sp³-hybridized carbons (Fsp3) is 1.00. The first kappa shape index (κ1) is 14.9. The minimum absolute atomic E-state index is 0.152. The lowest BCUT2D eigenvalue weighted by Crippen LogP contribution is -2.37. The van der Waals surface area contributed by atoms with E-state index in [0.29, 0.717) is 25.6 Å². The molecule has 6 heteroatoms. The van der Waals surface area contributed by atoms with E-state index in [4.69, 9.17) is 4.74 Å². The van der Waals surface area contributed by atoms with Crippen molar-refractivity contribution in [1.29, 1.82) is 0 Å². The molecule has 0 radical (unpaired) electrons. The van der Waals surface area contributed by atoms with E-state index in [1.807, 2.05) is 0 Å². The average Bonchev–Trinajstić information content (AvgIpc) is 2.30. The highest BCUT2D eigenvalue weighted by molar-refractivity contribution is 7.89. The van der Waals surface area contributed by atoms with Gasteiger partial charge in [-0.3, -0.25) is 0 Å². The van der Waals surface area contributed by atoms with Gasteiger partial charge in [-0.1, -0.05) is 6.42 Å². The van der Waals surface area contributed by atoms with Crippen molar-refractivity contribution < 1.29 is 13.2 Å². The van der Waals surface area contributed by atoms with Crippen LogP contribution in [0.15, 0.2) is 0 Å². The van der Waals surface area contributed by atoms with E-state index in [2.05, 4.69) is 10.0 Å². The Morgan fingerprint density at radius 1 is 1.41 bits per heavy atom. The zero-order chi connectivity index (χ0) is 12.6. The summed E-state index contributed by atoms with van der Waals surface area (Å²) in [7, 11) is -1.53. The predicted molar refractivity (Wildman–Crippen MR) is 68.5 cm³/mol. The second-order valence-electron chi connectivity index (χ2n) is 4.50. The average molecular weight is 264 g/mol. The minimum Gasteiger partial charge on any atom is -0.385 e. The van der Waals surface area contributed by atoms with Crippen LogP contribution >= 0.6 is 0 Å².